The first-order valence-electron chi connectivity index (χ1n) is 9.07. The maximum atomic E-state index is 12.6. The van der Waals surface area contributed by atoms with Crippen molar-refractivity contribution in [3.05, 3.63) is 64.8 Å². The highest BCUT2D eigenvalue weighted by molar-refractivity contribution is 9.10. The van der Waals surface area contributed by atoms with Crippen LogP contribution in [0.15, 0.2) is 59.1 Å². The maximum Gasteiger partial charge on any atom is 0.573 e. The molecule has 0 saturated carbocycles. The van der Waals surface area contributed by atoms with Crippen molar-refractivity contribution in [2.45, 2.75) is 19.3 Å². The predicted octanol–water partition coefficient (Wildman–Crippen LogP) is 4.58. The molecule has 0 aliphatic heterocycles. The fourth-order valence-electron chi connectivity index (χ4n) is 2.61. The number of carbonyl (C=O) groups excluding carboxylic acids is 1. The van der Waals surface area contributed by atoms with Gasteiger partial charge in [-0.2, -0.15) is 0 Å². The lowest BCUT2D eigenvalue weighted by molar-refractivity contribution is -0.274. The molecule has 0 aliphatic rings. The van der Waals surface area contributed by atoms with Gasteiger partial charge < -0.3 is 15.2 Å². The average molecular weight is 496 g/mol. The summed E-state index contributed by atoms with van der Waals surface area (Å²) in [7, 11) is 0. The third kappa shape index (κ3) is 6.25. The van der Waals surface area contributed by atoms with Gasteiger partial charge in [0.2, 0.25) is 0 Å². The van der Waals surface area contributed by atoms with E-state index < -0.39 is 18.3 Å². The van der Waals surface area contributed by atoms with Crippen LogP contribution in [0.3, 0.4) is 0 Å². The SMILES string of the molecule is CC(CO)NC(=O)c1cc(-c2ccc(OC(F)(F)F)cc2)nc(-c2ccc(Br)cc2)n1. The van der Waals surface area contributed by atoms with Crippen molar-refractivity contribution in [2.24, 2.45) is 0 Å². The van der Waals surface area contributed by atoms with Crippen molar-refractivity contribution < 1.29 is 27.8 Å². The monoisotopic (exact) mass is 495 g/mol. The fourth-order valence-corrected chi connectivity index (χ4v) is 2.87. The van der Waals surface area contributed by atoms with E-state index in [9.17, 15) is 23.1 Å². The maximum absolute atomic E-state index is 12.6. The quantitative estimate of drug-likeness (QED) is 0.522. The second kappa shape index (κ2) is 9.44. The van der Waals surface area contributed by atoms with E-state index >= 15 is 0 Å². The summed E-state index contributed by atoms with van der Waals surface area (Å²) < 4.78 is 41.9. The third-order valence-corrected chi connectivity index (χ3v) is 4.62. The molecule has 0 aliphatic carbocycles. The zero-order chi connectivity index (χ0) is 22.6. The van der Waals surface area contributed by atoms with E-state index in [2.05, 4.69) is 36.0 Å². The largest absolute Gasteiger partial charge is 0.573 e. The van der Waals surface area contributed by atoms with Crippen LogP contribution in [0, 0.1) is 0 Å². The molecule has 1 amide bonds. The van der Waals surface area contributed by atoms with E-state index in [1.807, 2.05) is 0 Å². The summed E-state index contributed by atoms with van der Waals surface area (Å²) in [5.41, 5.74) is 1.51. The number of nitrogens with zero attached hydrogens (tertiary/aromatic N) is 2. The number of rotatable bonds is 6. The van der Waals surface area contributed by atoms with Gasteiger partial charge in [-0.3, -0.25) is 4.79 Å². The van der Waals surface area contributed by atoms with Gasteiger partial charge in [-0.25, -0.2) is 9.97 Å². The zero-order valence-corrected chi connectivity index (χ0v) is 17.7. The number of aromatic nitrogens is 2. The zero-order valence-electron chi connectivity index (χ0n) is 16.2. The first kappa shape index (κ1) is 22.7. The Hall–Kier alpha value is -2.98. The number of alkyl halides is 3. The van der Waals surface area contributed by atoms with E-state index in [4.69, 9.17) is 0 Å². The van der Waals surface area contributed by atoms with Crippen LogP contribution in [0.4, 0.5) is 13.2 Å². The van der Waals surface area contributed by atoms with Crippen molar-refractivity contribution in [2.75, 3.05) is 6.61 Å². The van der Waals surface area contributed by atoms with Gasteiger partial charge in [-0.05, 0) is 49.4 Å². The van der Waals surface area contributed by atoms with Crippen LogP contribution >= 0.6 is 15.9 Å². The molecule has 6 nitrogen and oxygen atoms in total. The van der Waals surface area contributed by atoms with Crippen LogP contribution in [-0.4, -0.2) is 40.0 Å². The molecule has 0 spiro atoms. The number of nitrogens with one attached hydrogen (secondary N) is 1. The van der Waals surface area contributed by atoms with Gasteiger partial charge in [0.05, 0.1) is 12.3 Å². The Kier molecular flexibility index (Phi) is 6.91. The van der Waals surface area contributed by atoms with E-state index in [0.29, 0.717) is 16.8 Å². The molecule has 0 radical (unpaired) electrons. The number of hydrogen-bond donors (Lipinski definition) is 2. The van der Waals surface area contributed by atoms with Crippen LogP contribution < -0.4 is 10.1 Å². The lowest BCUT2D eigenvalue weighted by Gasteiger charge is -2.13. The van der Waals surface area contributed by atoms with Crippen LogP contribution in [-0.2, 0) is 0 Å². The summed E-state index contributed by atoms with van der Waals surface area (Å²) in [6, 6.07) is 13.2. The number of amides is 1. The first-order chi connectivity index (χ1) is 14.6. The summed E-state index contributed by atoms with van der Waals surface area (Å²) in [6.45, 7) is 1.39. The Morgan fingerprint density at radius 3 is 2.29 bits per heavy atom. The topological polar surface area (TPSA) is 84.3 Å². The minimum atomic E-state index is -4.79. The highest BCUT2D eigenvalue weighted by Gasteiger charge is 2.31. The smallest absolute Gasteiger partial charge is 0.406 e. The molecule has 0 fully saturated rings. The first-order valence-corrected chi connectivity index (χ1v) is 9.87. The molecule has 162 valence electrons. The van der Waals surface area contributed by atoms with Crippen molar-refractivity contribution in [1.82, 2.24) is 15.3 Å². The molecular formula is C21H17BrF3N3O3. The highest BCUT2D eigenvalue weighted by Crippen LogP contribution is 2.28. The predicted molar refractivity (Wildman–Crippen MR) is 111 cm³/mol. The molecule has 1 aromatic heterocycles. The molecule has 31 heavy (non-hydrogen) atoms. The van der Waals surface area contributed by atoms with Gasteiger partial charge in [0.15, 0.2) is 5.82 Å². The van der Waals surface area contributed by atoms with Crippen molar-refractivity contribution in [3.8, 4) is 28.4 Å². The number of halogens is 4. The summed E-state index contributed by atoms with van der Waals surface area (Å²) in [5, 5.41) is 11.8. The molecule has 2 aromatic carbocycles. The van der Waals surface area contributed by atoms with E-state index in [1.165, 1.54) is 18.2 Å². The number of hydrogen-bond acceptors (Lipinski definition) is 5. The molecule has 10 heteroatoms. The van der Waals surface area contributed by atoms with Crippen LogP contribution in [0.2, 0.25) is 0 Å². The molecule has 1 heterocycles. The fraction of sp³-hybridized carbons (Fsp3) is 0.190. The molecule has 3 aromatic rings. The Morgan fingerprint density at radius 2 is 1.71 bits per heavy atom. The van der Waals surface area contributed by atoms with Gasteiger partial charge in [-0.15, -0.1) is 13.2 Å². The Balaban J connectivity index is 2.02. The highest BCUT2D eigenvalue weighted by atomic mass is 79.9. The molecule has 0 bridgehead atoms. The Morgan fingerprint density at radius 1 is 1.10 bits per heavy atom. The average Bonchev–Trinajstić information content (AvgIpc) is 2.73. The minimum Gasteiger partial charge on any atom is -0.406 e. The number of carbonyl (C=O) groups is 1. The Labute approximate surface area is 184 Å². The third-order valence-electron chi connectivity index (χ3n) is 4.10. The Bertz CT molecular complexity index is 1060. The normalized spacial score (nSPS) is 12.3. The molecule has 1 atom stereocenters. The summed E-state index contributed by atoms with van der Waals surface area (Å²) >= 11 is 3.35. The number of benzene rings is 2. The van der Waals surface area contributed by atoms with Crippen LogP contribution in [0.1, 0.15) is 17.4 Å². The standard InChI is InChI=1S/C21H17BrF3N3O3/c1-12(11-29)26-20(30)18-10-17(13-4-8-16(9-5-13)31-21(23,24)25)27-19(28-18)14-2-6-15(22)7-3-14/h2-10,12,29H,11H2,1H3,(H,26,30). The van der Waals surface area contributed by atoms with Crippen LogP contribution in [0.5, 0.6) is 5.75 Å². The van der Waals surface area contributed by atoms with E-state index in [0.717, 1.165) is 16.6 Å². The molecular weight excluding hydrogens is 479 g/mol. The molecule has 2 N–H and O–H groups in total. The van der Waals surface area contributed by atoms with Crippen LogP contribution in [0.25, 0.3) is 22.6 Å². The van der Waals surface area contributed by atoms with E-state index in [-0.39, 0.29) is 23.9 Å². The van der Waals surface area contributed by atoms with Gasteiger partial charge in [0.1, 0.15) is 11.4 Å². The number of ether oxygens (including phenoxy) is 1. The van der Waals surface area contributed by atoms with Crippen molar-refractivity contribution >= 4 is 21.8 Å². The molecule has 3 rings (SSSR count). The van der Waals surface area contributed by atoms with Gasteiger partial charge in [-0.1, -0.05) is 28.1 Å². The lowest BCUT2D eigenvalue weighted by atomic mass is 10.1. The van der Waals surface area contributed by atoms with Crippen molar-refractivity contribution in [3.63, 3.8) is 0 Å². The lowest BCUT2D eigenvalue weighted by Crippen LogP contribution is -2.35. The second-order valence-corrected chi connectivity index (χ2v) is 7.51. The molecule has 0 saturated heterocycles. The van der Waals surface area contributed by atoms with Crippen molar-refractivity contribution in [1.29, 1.82) is 0 Å². The van der Waals surface area contributed by atoms with E-state index in [1.54, 1.807) is 31.2 Å². The van der Waals surface area contributed by atoms with Gasteiger partial charge in [0.25, 0.3) is 5.91 Å². The second-order valence-electron chi connectivity index (χ2n) is 6.60. The minimum absolute atomic E-state index is 0.0545. The van der Waals surface area contributed by atoms with Gasteiger partial charge >= 0.3 is 6.36 Å². The summed E-state index contributed by atoms with van der Waals surface area (Å²) in [5.74, 6) is -0.615. The number of aliphatic hydroxyl groups is 1. The number of aliphatic hydroxyl groups excluding tert-OH is 1. The van der Waals surface area contributed by atoms with Gasteiger partial charge in [0, 0.05) is 21.6 Å². The summed E-state index contributed by atoms with van der Waals surface area (Å²) in [6.07, 6.45) is -4.79. The summed E-state index contributed by atoms with van der Waals surface area (Å²) in [4.78, 5) is 21.4. The molecule has 1 unspecified atom stereocenters.